The van der Waals surface area contributed by atoms with E-state index in [4.69, 9.17) is 0 Å². The number of nitrogens with one attached hydrogen (secondary N) is 1. The van der Waals surface area contributed by atoms with Crippen LogP contribution in [0, 0.1) is 0 Å². The van der Waals surface area contributed by atoms with Crippen LogP contribution in [0.3, 0.4) is 0 Å². The molecule has 0 saturated carbocycles. The summed E-state index contributed by atoms with van der Waals surface area (Å²) in [7, 11) is 0. The molecule has 1 saturated heterocycles. The van der Waals surface area contributed by atoms with Gasteiger partial charge in [0.15, 0.2) is 0 Å². The van der Waals surface area contributed by atoms with Crippen molar-refractivity contribution in [3.05, 3.63) is 102 Å². The van der Waals surface area contributed by atoms with Crippen LogP contribution in [0.25, 0.3) is 0 Å². The summed E-state index contributed by atoms with van der Waals surface area (Å²) in [5.41, 5.74) is 4.92. The maximum Gasteiger partial charge on any atom is 0.322 e. The molecule has 4 nitrogen and oxygen atoms in total. The molecule has 0 radical (unpaired) electrons. The van der Waals surface area contributed by atoms with Crippen molar-refractivity contribution in [3.63, 3.8) is 0 Å². The fraction of sp³-hybridized carbons (Fsp3) is 0.387. The van der Waals surface area contributed by atoms with Gasteiger partial charge in [-0.2, -0.15) is 0 Å². The van der Waals surface area contributed by atoms with Crippen LogP contribution in [0.2, 0.25) is 0 Å². The number of nitrogens with zero attached hydrogens (tertiary/aromatic N) is 2. The quantitative estimate of drug-likeness (QED) is 0.374. The van der Waals surface area contributed by atoms with Crippen LogP contribution >= 0.6 is 0 Å². The van der Waals surface area contributed by atoms with Crippen LogP contribution in [-0.2, 0) is 6.42 Å². The van der Waals surface area contributed by atoms with E-state index < -0.39 is 0 Å². The van der Waals surface area contributed by atoms with Crippen molar-refractivity contribution in [2.75, 3.05) is 31.5 Å². The Balaban J connectivity index is 1.31. The lowest BCUT2D eigenvalue weighted by atomic mass is 9.88. The fourth-order valence-corrected chi connectivity index (χ4v) is 5.25. The smallest absolute Gasteiger partial charge is 0.322 e. The summed E-state index contributed by atoms with van der Waals surface area (Å²) in [5, 5.41) is 3.10. The highest BCUT2D eigenvalue weighted by molar-refractivity contribution is 5.89. The highest BCUT2D eigenvalue weighted by Crippen LogP contribution is 2.29. The lowest BCUT2D eigenvalue weighted by molar-refractivity contribution is 0.129. The largest absolute Gasteiger partial charge is 0.322 e. The number of benzene rings is 3. The number of amides is 2. The minimum atomic E-state index is 0.0171. The van der Waals surface area contributed by atoms with E-state index in [1.54, 1.807) is 0 Å². The Bertz CT molecular complexity index is 988. The molecule has 2 amide bonds. The van der Waals surface area contributed by atoms with Crippen LogP contribution in [0.5, 0.6) is 0 Å². The molecule has 184 valence electrons. The molecule has 0 spiro atoms. The average molecular weight is 470 g/mol. The first-order valence-electron chi connectivity index (χ1n) is 13.2. The summed E-state index contributed by atoms with van der Waals surface area (Å²) in [6.45, 7) is 8.10. The van der Waals surface area contributed by atoms with Gasteiger partial charge in [0.05, 0.1) is 0 Å². The van der Waals surface area contributed by atoms with E-state index >= 15 is 0 Å². The predicted octanol–water partition coefficient (Wildman–Crippen LogP) is 6.79. The van der Waals surface area contributed by atoms with Gasteiger partial charge in [-0.15, -0.1) is 0 Å². The molecule has 4 rings (SSSR count). The van der Waals surface area contributed by atoms with Crippen molar-refractivity contribution in [1.82, 2.24) is 9.80 Å². The van der Waals surface area contributed by atoms with Gasteiger partial charge in [-0.25, -0.2) is 4.79 Å². The van der Waals surface area contributed by atoms with Gasteiger partial charge in [0.2, 0.25) is 0 Å². The lowest BCUT2D eigenvalue weighted by Crippen LogP contribution is -2.49. The second-order valence-corrected chi connectivity index (χ2v) is 9.50. The van der Waals surface area contributed by atoms with Gasteiger partial charge in [0, 0.05) is 37.3 Å². The zero-order valence-electron chi connectivity index (χ0n) is 21.2. The molecule has 3 aromatic rings. The van der Waals surface area contributed by atoms with Crippen molar-refractivity contribution in [2.45, 2.75) is 51.5 Å². The van der Waals surface area contributed by atoms with Gasteiger partial charge in [-0.1, -0.05) is 79.7 Å². The van der Waals surface area contributed by atoms with Crippen LogP contribution in [0.15, 0.2) is 84.9 Å². The molecule has 0 unspecified atom stereocenters. The van der Waals surface area contributed by atoms with Crippen molar-refractivity contribution in [3.8, 4) is 0 Å². The number of carbonyl (C=O) groups is 1. The predicted molar refractivity (Wildman–Crippen MR) is 146 cm³/mol. The lowest BCUT2D eigenvalue weighted by Gasteiger charge is -2.38. The normalized spacial score (nSPS) is 14.7. The standard InChI is InChI=1S/C31H39N3O/c1-3-25-15-17-28(18-16-25)32-31(35)34(4-2)29-19-22-33(23-20-29)24-21-30(26-11-7-5-8-12-26)27-13-9-6-10-14-27/h5-18,29-30H,3-4,19-24H2,1-2H3,(H,32,35). The van der Waals surface area contributed by atoms with Crippen molar-refractivity contribution in [2.24, 2.45) is 0 Å². The third-order valence-corrected chi connectivity index (χ3v) is 7.35. The summed E-state index contributed by atoms with van der Waals surface area (Å²) >= 11 is 0. The summed E-state index contributed by atoms with van der Waals surface area (Å²) in [6.07, 6.45) is 4.16. The van der Waals surface area contributed by atoms with Gasteiger partial charge < -0.3 is 15.1 Å². The van der Waals surface area contributed by atoms with Crippen molar-refractivity contribution < 1.29 is 4.79 Å². The maximum atomic E-state index is 13.0. The van der Waals surface area contributed by atoms with E-state index in [2.05, 4.69) is 96.9 Å². The van der Waals surface area contributed by atoms with E-state index in [9.17, 15) is 4.79 Å². The highest BCUT2D eigenvalue weighted by Gasteiger charge is 2.27. The summed E-state index contributed by atoms with van der Waals surface area (Å²) < 4.78 is 0. The van der Waals surface area contributed by atoms with E-state index in [1.807, 2.05) is 17.0 Å². The third kappa shape index (κ3) is 6.73. The SMILES string of the molecule is CCc1ccc(NC(=O)N(CC)C2CCN(CCC(c3ccccc3)c3ccccc3)CC2)cc1. The molecule has 0 bridgehead atoms. The molecule has 1 N–H and O–H groups in total. The molecule has 0 atom stereocenters. The van der Waals surface area contributed by atoms with Gasteiger partial charge in [-0.05, 0) is 68.0 Å². The maximum absolute atomic E-state index is 13.0. The molecule has 1 aliphatic heterocycles. The summed E-state index contributed by atoms with van der Waals surface area (Å²) in [5.74, 6) is 0.409. The van der Waals surface area contributed by atoms with Gasteiger partial charge >= 0.3 is 6.03 Å². The number of aryl methyl sites for hydroxylation is 1. The number of carbonyl (C=O) groups excluding carboxylic acids is 1. The summed E-state index contributed by atoms with van der Waals surface area (Å²) in [4.78, 5) is 17.6. The third-order valence-electron chi connectivity index (χ3n) is 7.35. The van der Waals surface area contributed by atoms with Crippen LogP contribution in [0.1, 0.15) is 55.7 Å². The van der Waals surface area contributed by atoms with E-state index in [0.29, 0.717) is 12.0 Å². The van der Waals surface area contributed by atoms with Crippen molar-refractivity contribution >= 4 is 11.7 Å². The van der Waals surface area contributed by atoms with Gasteiger partial charge in [-0.3, -0.25) is 0 Å². The molecule has 1 fully saturated rings. The topological polar surface area (TPSA) is 35.6 Å². The number of piperidine rings is 1. The Kier molecular flexibility index (Phi) is 8.96. The Morgan fingerprint density at radius 2 is 1.46 bits per heavy atom. The molecular formula is C31H39N3O. The fourth-order valence-electron chi connectivity index (χ4n) is 5.25. The van der Waals surface area contributed by atoms with Crippen molar-refractivity contribution in [1.29, 1.82) is 0 Å². The van der Waals surface area contributed by atoms with E-state index in [1.165, 1.54) is 16.7 Å². The molecule has 3 aromatic carbocycles. The second-order valence-electron chi connectivity index (χ2n) is 9.50. The van der Waals surface area contributed by atoms with Crippen LogP contribution in [-0.4, -0.2) is 48.1 Å². The molecule has 1 heterocycles. The Morgan fingerprint density at radius 3 is 1.97 bits per heavy atom. The molecule has 1 aliphatic rings. The molecule has 35 heavy (non-hydrogen) atoms. The number of rotatable bonds is 9. The highest BCUT2D eigenvalue weighted by atomic mass is 16.2. The molecule has 0 aromatic heterocycles. The monoisotopic (exact) mass is 469 g/mol. The number of hydrogen-bond donors (Lipinski definition) is 1. The number of hydrogen-bond acceptors (Lipinski definition) is 2. The Hall–Kier alpha value is -3.11. The van der Waals surface area contributed by atoms with Crippen LogP contribution < -0.4 is 5.32 Å². The molecular weight excluding hydrogens is 430 g/mol. The minimum absolute atomic E-state index is 0.0171. The van der Waals surface area contributed by atoms with Gasteiger partial charge in [0.25, 0.3) is 0 Å². The van der Waals surface area contributed by atoms with E-state index in [-0.39, 0.29) is 6.03 Å². The first-order chi connectivity index (χ1) is 17.2. The minimum Gasteiger partial charge on any atom is -0.322 e. The second kappa shape index (κ2) is 12.6. The zero-order chi connectivity index (χ0) is 24.5. The Morgan fingerprint density at radius 1 is 0.886 bits per heavy atom. The Labute approximate surface area is 211 Å². The number of urea groups is 1. The zero-order valence-corrected chi connectivity index (χ0v) is 21.2. The number of likely N-dealkylation sites (tertiary alicyclic amines) is 1. The first kappa shape index (κ1) is 25.0. The number of anilines is 1. The van der Waals surface area contributed by atoms with Crippen LogP contribution in [0.4, 0.5) is 10.5 Å². The summed E-state index contributed by atoms with van der Waals surface area (Å²) in [6, 6.07) is 30.2. The van der Waals surface area contributed by atoms with Gasteiger partial charge in [0.1, 0.15) is 0 Å². The van der Waals surface area contributed by atoms with E-state index in [0.717, 1.165) is 57.5 Å². The molecule has 0 aliphatic carbocycles. The molecule has 4 heteroatoms. The average Bonchev–Trinajstić information content (AvgIpc) is 2.92. The first-order valence-corrected chi connectivity index (χ1v) is 13.2.